The highest BCUT2D eigenvalue weighted by atomic mass is 32.2. The molecule has 1 aromatic heterocycles. The van der Waals surface area contributed by atoms with Gasteiger partial charge >= 0.3 is 5.97 Å². The Kier molecular flexibility index (Phi) is 8.72. The number of thioether (sulfide) groups is 1. The van der Waals surface area contributed by atoms with Crippen LogP contribution in [0.4, 0.5) is 5.69 Å². The standard InChI is InChI=1S/C20H26N4O4S/c1-4-14(5-2)22-17(25)12-28-19(27)15-8-6-7-9-16(15)23-18(26)13-29-20-21-10-11-24(20)3/h6-11,14H,4-5,12-13H2,1-3H3,(H,22,25)(H,23,26). The van der Waals surface area contributed by atoms with Crippen LogP contribution in [0.3, 0.4) is 0 Å². The third-order valence-corrected chi connectivity index (χ3v) is 5.27. The molecule has 2 rings (SSSR count). The van der Waals surface area contributed by atoms with Crippen LogP contribution in [0, 0.1) is 0 Å². The number of nitrogens with one attached hydrogen (secondary N) is 2. The number of nitrogens with zero attached hydrogens (tertiary/aromatic N) is 2. The average molecular weight is 419 g/mol. The molecule has 0 spiro atoms. The lowest BCUT2D eigenvalue weighted by atomic mass is 10.1. The lowest BCUT2D eigenvalue weighted by Crippen LogP contribution is -2.36. The molecule has 9 heteroatoms. The fraction of sp³-hybridized carbons (Fsp3) is 0.400. The number of esters is 1. The summed E-state index contributed by atoms with van der Waals surface area (Å²) in [4.78, 5) is 40.7. The molecule has 0 aliphatic carbocycles. The maximum absolute atomic E-state index is 12.4. The van der Waals surface area contributed by atoms with Crippen molar-refractivity contribution in [3.63, 3.8) is 0 Å². The van der Waals surface area contributed by atoms with Gasteiger partial charge in [-0.1, -0.05) is 37.7 Å². The largest absolute Gasteiger partial charge is 0.452 e. The molecule has 2 N–H and O–H groups in total. The molecule has 0 atom stereocenters. The number of anilines is 1. The summed E-state index contributed by atoms with van der Waals surface area (Å²) in [7, 11) is 1.85. The van der Waals surface area contributed by atoms with E-state index in [1.54, 1.807) is 36.7 Å². The van der Waals surface area contributed by atoms with Crippen LogP contribution in [0.25, 0.3) is 0 Å². The Morgan fingerprint density at radius 1 is 1.17 bits per heavy atom. The van der Waals surface area contributed by atoms with Gasteiger partial charge in [-0.3, -0.25) is 9.59 Å². The van der Waals surface area contributed by atoms with E-state index in [9.17, 15) is 14.4 Å². The van der Waals surface area contributed by atoms with E-state index in [4.69, 9.17) is 4.74 Å². The quantitative estimate of drug-likeness (QED) is 0.454. The molecule has 1 aromatic carbocycles. The van der Waals surface area contributed by atoms with Gasteiger partial charge in [-0.25, -0.2) is 9.78 Å². The highest BCUT2D eigenvalue weighted by Gasteiger charge is 2.17. The van der Waals surface area contributed by atoms with Crippen LogP contribution in [0.15, 0.2) is 41.8 Å². The van der Waals surface area contributed by atoms with E-state index in [2.05, 4.69) is 15.6 Å². The number of hydrogen-bond acceptors (Lipinski definition) is 6. The van der Waals surface area contributed by atoms with Gasteiger partial charge in [0.1, 0.15) is 0 Å². The van der Waals surface area contributed by atoms with E-state index in [0.717, 1.165) is 18.0 Å². The topological polar surface area (TPSA) is 102 Å². The zero-order valence-corrected chi connectivity index (χ0v) is 17.6. The molecule has 0 fully saturated rings. The number of hydrogen-bond donors (Lipinski definition) is 2. The van der Waals surface area contributed by atoms with Gasteiger partial charge in [-0.05, 0) is 25.0 Å². The van der Waals surface area contributed by atoms with Crippen molar-refractivity contribution in [1.29, 1.82) is 0 Å². The first-order valence-electron chi connectivity index (χ1n) is 9.40. The second kappa shape index (κ2) is 11.3. The van der Waals surface area contributed by atoms with Crippen LogP contribution < -0.4 is 10.6 Å². The minimum atomic E-state index is -0.669. The highest BCUT2D eigenvalue weighted by molar-refractivity contribution is 7.99. The van der Waals surface area contributed by atoms with E-state index in [-0.39, 0.29) is 35.8 Å². The summed E-state index contributed by atoms with van der Waals surface area (Å²) in [6, 6.07) is 6.59. The van der Waals surface area contributed by atoms with Crippen LogP contribution in [0.5, 0.6) is 0 Å². The Bertz CT molecular complexity index is 849. The average Bonchev–Trinajstić information content (AvgIpc) is 3.13. The van der Waals surface area contributed by atoms with Crippen molar-refractivity contribution in [1.82, 2.24) is 14.9 Å². The summed E-state index contributed by atoms with van der Waals surface area (Å²) in [6.45, 7) is 3.59. The highest BCUT2D eigenvalue weighted by Crippen LogP contribution is 2.18. The van der Waals surface area contributed by atoms with Crippen molar-refractivity contribution < 1.29 is 19.1 Å². The predicted molar refractivity (Wildman–Crippen MR) is 112 cm³/mol. The van der Waals surface area contributed by atoms with Crippen LogP contribution in [0.1, 0.15) is 37.0 Å². The molecule has 29 heavy (non-hydrogen) atoms. The normalized spacial score (nSPS) is 10.6. The molecule has 2 aromatic rings. The van der Waals surface area contributed by atoms with E-state index in [1.807, 2.05) is 25.5 Å². The Morgan fingerprint density at radius 3 is 2.55 bits per heavy atom. The minimum Gasteiger partial charge on any atom is -0.452 e. The predicted octanol–water partition coefficient (Wildman–Crippen LogP) is 2.61. The molecule has 8 nitrogen and oxygen atoms in total. The third-order valence-electron chi connectivity index (χ3n) is 4.22. The number of para-hydroxylation sites is 1. The van der Waals surface area contributed by atoms with E-state index in [1.165, 1.54) is 11.8 Å². The molecular weight excluding hydrogens is 392 g/mol. The number of carbonyl (C=O) groups is 3. The number of imidazole rings is 1. The van der Waals surface area contributed by atoms with Gasteiger partial charge in [0.25, 0.3) is 5.91 Å². The molecule has 0 radical (unpaired) electrons. The first-order valence-corrected chi connectivity index (χ1v) is 10.4. The number of benzene rings is 1. The third kappa shape index (κ3) is 6.94. The summed E-state index contributed by atoms with van der Waals surface area (Å²) in [5.74, 6) is -1.14. The van der Waals surface area contributed by atoms with E-state index >= 15 is 0 Å². The number of amides is 2. The molecule has 0 saturated heterocycles. The molecule has 156 valence electrons. The summed E-state index contributed by atoms with van der Waals surface area (Å²) in [5, 5.41) is 6.24. The molecule has 1 heterocycles. The number of aromatic nitrogens is 2. The van der Waals surface area contributed by atoms with Crippen molar-refractivity contribution in [2.45, 2.75) is 37.9 Å². The van der Waals surface area contributed by atoms with Gasteiger partial charge in [0.2, 0.25) is 5.91 Å². The van der Waals surface area contributed by atoms with E-state index in [0.29, 0.717) is 5.69 Å². The number of ether oxygens (including phenoxy) is 1. The fourth-order valence-electron chi connectivity index (χ4n) is 2.55. The first kappa shape index (κ1) is 22.5. The zero-order chi connectivity index (χ0) is 21.2. The van der Waals surface area contributed by atoms with Crippen molar-refractivity contribution in [2.24, 2.45) is 7.05 Å². The lowest BCUT2D eigenvalue weighted by Gasteiger charge is -2.15. The van der Waals surface area contributed by atoms with Gasteiger partial charge in [0.05, 0.1) is 17.0 Å². The van der Waals surface area contributed by atoms with Crippen LogP contribution in [-0.4, -0.2) is 45.7 Å². The molecule has 0 unspecified atom stereocenters. The Labute approximate surface area is 174 Å². The Hall–Kier alpha value is -2.81. The van der Waals surface area contributed by atoms with E-state index < -0.39 is 5.97 Å². The molecule has 0 aliphatic heterocycles. The van der Waals surface area contributed by atoms with Gasteiger partial charge < -0.3 is 19.9 Å². The van der Waals surface area contributed by atoms with Gasteiger partial charge in [-0.15, -0.1) is 0 Å². The number of carbonyl (C=O) groups excluding carboxylic acids is 3. The molecule has 2 amide bonds. The van der Waals surface area contributed by atoms with Gasteiger partial charge in [0.15, 0.2) is 11.8 Å². The van der Waals surface area contributed by atoms with Gasteiger partial charge in [-0.2, -0.15) is 0 Å². The van der Waals surface area contributed by atoms with Crippen LogP contribution >= 0.6 is 11.8 Å². The minimum absolute atomic E-state index is 0.0593. The summed E-state index contributed by atoms with van der Waals surface area (Å²) < 4.78 is 6.93. The molecule has 0 bridgehead atoms. The lowest BCUT2D eigenvalue weighted by molar-refractivity contribution is -0.125. The summed E-state index contributed by atoms with van der Waals surface area (Å²) in [6.07, 6.45) is 5.07. The van der Waals surface area contributed by atoms with Crippen molar-refractivity contribution in [2.75, 3.05) is 17.7 Å². The number of aryl methyl sites for hydroxylation is 1. The first-order chi connectivity index (χ1) is 13.9. The second-order valence-corrected chi connectivity index (χ2v) is 7.30. The Balaban J connectivity index is 1.91. The monoisotopic (exact) mass is 418 g/mol. The molecular formula is C20H26N4O4S. The smallest absolute Gasteiger partial charge is 0.340 e. The van der Waals surface area contributed by atoms with Crippen LogP contribution in [0.2, 0.25) is 0 Å². The fourth-order valence-corrected chi connectivity index (χ4v) is 3.28. The molecule has 0 saturated carbocycles. The zero-order valence-electron chi connectivity index (χ0n) is 16.8. The van der Waals surface area contributed by atoms with Crippen LogP contribution in [-0.2, 0) is 21.4 Å². The Morgan fingerprint density at radius 2 is 1.90 bits per heavy atom. The SMILES string of the molecule is CCC(CC)NC(=O)COC(=O)c1ccccc1NC(=O)CSc1nccn1C. The maximum Gasteiger partial charge on any atom is 0.340 e. The maximum atomic E-state index is 12.4. The second-order valence-electron chi connectivity index (χ2n) is 6.36. The van der Waals surface area contributed by atoms with Crippen molar-refractivity contribution >= 4 is 35.2 Å². The molecule has 0 aliphatic rings. The van der Waals surface area contributed by atoms with Crippen molar-refractivity contribution in [3.05, 3.63) is 42.2 Å². The summed E-state index contributed by atoms with van der Waals surface area (Å²) >= 11 is 1.29. The van der Waals surface area contributed by atoms with Crippen molar-refractivity contribution in [3.8, 4) is 0 Å². The summed E-state index contributed by atoms with van der Waals surface area (Å²) in [5.41, 5.74) is 0.529. The van der Waals surface area contributed by atoms with Gasteiger partial charge in [0, 0.05) is 25.5 Å². The number of rotatable bonds is 10.